The number of rotatable bonds is 11. The van der Waals surface area contributed by atoms with Crippen molar-refractivity contribution in [3.05, 3.63) is 59.7 Å². The Labute approximate surface area is 205 Å². The van der Waals surface area contributed by atoms with Crippen LogP contribution in [0.15, 0.2) is 48.5 Å². The van der Waals surface area contributed by atoms with Crippen LogP contribution < -0.4 is 10.6 Å². The maximum Gasteiger partial charge on any atom is 0.407 e. The molecule has 0 spiro atoms. The van der Waals surface area contributed by atoms with Crippen LogP contribution in [0, 0.1) is 5.92 Å². The first-order valence-electron chi connectivity index (χ1n) is 12.2. The number of nitrogens with one attached hydrogen (secondary N) is 2. The van der Waals surface area contributed by atoms with E-state index in [9.17, 15) is 14.4 Å². The first-order valence-corrected chi connectivity index (χ1v) is 12.2. The molecule has 1 saturated heterocycles. The minimum atomic E-state index is -0.783. The van der Waals surface area contributed by atoms with Gasteiger partial charge in [0, 0.05) is 18.9 Å². The zero-order valence-electron chi connectivity index (χ0n) is 19.7. The molecule has 186 valence electrons. The van der Waals surface area contributed by atoms with E-state index in [1.807, 2.05) is 24.3 Å². The number of fused-ring (bicyclic) bond motifs is 3. The first-order chi connectivity index (χ1) is 17.0. The van der Waals surface area contributed by atoms with Crippen molar-refractivity contribution in [1.82, 2.24) is 10.6 Å². The monoisotopic (exact) mass is 480 g/mol. The van der Waals surface area contributed by atoms with Gasteiger partial charge >= 0.3 is 12.1 Å². The molecule has 1 heterocycles. The summed E-state index contributed by atoms with van der Waals surface area (Å²) in [6.45, 7) is 1.24. The number of hydrogen-bond donors (Lipinski definition) is 3. The van der Waals surface area contributed by atoms with Gasteiger partial charge in [-0.05, 0) is 35.1 Å². The third kappa shape index (κ3) is 6.19. The van der Waals surface area contributed by atoms with E-state index < -0.39 is 24.0 Å². The number of carboxylic acids is 1. The molecule has 1 aliphatic carbocycles. The Morgan fingerprint density at radius 3 is 2.26 bits per heavy atom. The minimum Gasteiger partial charge on any atom is -0.481 e. The van der Waals surface area contributed by atoms with E-state index in [0.717, 1.165) is 30.4 Å². The van der Waals surface area contributed by atoms with Crippen LogP contribution in [0.5, 0.6) is 0 Å². The lowest BCUT2D eigenvalue weighted by molar-refractivity contribution is -0.137. The SMILES string of the molecule is O=C(O)CCCCCCNC(=O)C1COCC1NC(=O)OCC1c2ccccc2-c2ccccc21. The van der Waals surface area contributed by atoms with E-state index in [1.165, 1.54) is 11.1 Å². The molecule has 0 radical (unpaired) electrons. The Balaban J connectivity index is 1.22. The number of carbonyl (C=O) groups is 3. The predicted octanol–water partition coefficient (Wildman–Crippen LogP) is 3.69. The number of benzene rings is 2. The average molecular weight is 481 g/mol. The highest BCUT2D eigenvalue weighted by molar-refractivity contribution is 5.81. The van der Waals surface area contributed by atoms with E-state index in [2.05, 4.69) is 34.9 Å². The largest absolute Gasteiger partial charge is 0.481 e. The lowest BCUT2D eigenvalue weighted by Gasteiger charge is -2.20. The summed E-state index contributed by atoms with van der Waals surface area (Å²) in [5.41, 5.74) is 4.62. The van der Waals surface area contributed by atoms with Gasteiger partial charge in [-0.2, -0.15) is 0 Å². The van der Waals surface area contributed by atoms with Crippen molar-refractivity contribution in [1.29, 1.82) is 0 Å². The van der Waals surface area contributed by atoms with Crippen LogP contribution in [0.2, 0.25) is 0 Å². The molecule has 2 aromatic rings. The Bertz CT molecular complexity index is 1010. The van der Waals surface area contributed by atoms with Crippen LogP contribution in [0.3, 0.4) is 0 Å². The van der Waals surface area contributed by atoms with Crippen molar-refractivity contribution in [3.63, 3.8) is 0 Å². The summed E-state index contributed by atoms with van der Waals surface area (Å²) in [5.74, 6) is -1.43. The van der Waals surface area contributed by atoms with Gasteiger partial charge in [0.2, 0.25) is 5.91 Å². The van der Waals surface area contributed by atoms with E-state index in [-0.39, 0.29) is 38.1 Å². The molecular weight excluding hydrogens is 448 g/mol. The second-order valence-electron chi connectivity index (χ2n) is 9.07. The fraction of sp³-hybridized carbons (Fsp3) is 0.444. The number of carbonyl (C=O) groups excluding carboxylic acids is 2. The number of alkyl carbamates (subject to hydrolysis) is 1. The molecule has 8 nitrogen and oxygen atoms in total. The van der Waals surface area contributed by atoms with E-state index in [4.69, 9.17) is 14.6 Å². The normalized spacial score (nSPS) is 18.5. The van der Waals surface area contributed by atoms with Crippen LogP contribution in [0.1, 0.15) is 49.1 Å². The highest BCUT2D eigenvalue weighted by Gasteiger charge is 2.36. The van der Waals surface area contributed by atoms with E-state index in [0.29, 0.717) is 13.0 Å². The van der Waals surface area contributed by atoms with Crippen LogP contribution >= 0.6 is 0 Å². The topological polar surface area (TPSA) is 114 Å². The fourth-order valence-electron chi connectivity index (χ4n) is 4.84. The summed E-state index contributed by atoms with van der Waals surface area (Å²) < 4.78 is 11.1. The Morgan fingerprint density at radius 1 is 0.914 bits per heavy atom. The van der Waals surface area contributed by atoms with Crippen molar-refractivity contribution < 1.29 is 29.0 Å². The molecule has 8 heteroatoms. The number of carboxylic acid groups (broad SMARTS) is 1. The number of ether oxygens (including phenoxy) is 2. The molecule has 0 bridgehead atoms. The van der Waals surface area contributed by atoms with Crippen molar-refractivity contribution in [3.8, 4) is 11.1 Å². The summed E-state index contributed by atoms with van der Waals surface area (Å²) in [6, 6.07) is 15.9. The van der Waals surface area contributed by atoms with Gasteiger partial charge in [0.15, 0.2) is 0 Å². The Hall–Kier alpha value is -3.39. The van der Waals surface area contributed by atoms with Gasteiger partial charge in [-0.25, -0.2) is 4.79 Å². The van der Waals surface area contributed by atoms with Gasteiger partial charge < -0.3 is 25.2 Å². The summed E-state index contributed by atoms with van der Waals surface area (Å²) in [5, 5.41) is 14.4. The molecule has 0 aromatic heterocycles. The molecule has 1 aliphatic heterocycles. The molecule has 0 saturated carbocycles. The molecule has 2 aliphatic rings. The molecule has 2 amide bonds. The number of amides is 2. The van der Waals surface area contributed by atoms with Gasteiger partial charge in [-0.15, -0.1) is 0 Å². The van der Waals surface area contributed by atoms with Gasteiger partial charge in [-0.1, -0.05) is 61.4 Å². The predicted molar refractivity (Wildman–Crippen MR) is 130 cm³/mol. The fourth-order valence-corrected chi connectivity index (χ4v) is 4.84. The molecule has 3 N–H and O–H groups in total. The third-order valence-corrected chi connectivity index (χ3v) is 6.68. The molecule has 1 fully saturated rings. The van der Waals surface area contributed by atoms with Crippen molar-refractivity contribution in [2.75, 3.05) is 26.4 Å². The lowest BCUT2D eigenvalue weighted by Crippen LogP contribution is -2.46. The summed E-state index contributed by atoms with van der Waals surface area (Å²) in [7, 11) is 0. The number of hydrogen-bond acceptors (Lipinski definition) is 5. The van der Waals surface area contributed by atoms with Crippen LogP contribution in [-0.4, -0.2) is 55.5 Å². The summed E-state index contributed by atoms with van der Waals surface area (Å²) >= 11 is 0. The number of unbranched alkanes of at least 4 members (excludes halogenated alkanes) is 3. The quantitative estimate of drug-likeness (QED) is 0.423. The smallest absolute Gasteiger partial charge is 0.407 e. The minimum absolute atomic E-state index is 0.0254. The molecule has 4 rings (SSSR count). The second-order valence-corrected chi connectivity index (χ2v) is 9.07. The van der Waals surface area contributed by atoms with Gasteiger partial charge in [0.25, 0.3) is 0 Å². The van der Waals surface area contributed by atoms with Crippen LogP contribution in [0.4, 0.5) is 4.79 Å². The summed E-state index contributed by atoms with van der Waals surface area (Å²) in [6.07, 6.45) is 2.72. The molecule has 2 aromatic carbocycles. The third-order valence-electron chi connectivity index (χ3n) is 6.68. The number of aliphatic carboxylic acids is 1. The molecule has 2 atom stereocenters. The van der Waals surface area contributed by atoms with Crippen molar-refractivity contribution in [2.24, 2.45) is 5.92 Å². The standard InChI is InChI=1S/C27H32N2O6/c30-25(31)13-3-1-2-8-14-28-26(32)23-15-34-17-24(23)29-27(33)35-16-22-20-11-6-4-9-18(20)19-10-5-7-12-21(19)22/h4-7,9-12,22-24H,1-3,8,13-17H2,(H,28,32)(H,29,33)(H,30,31). The van der Waals surface area contributed by atoms with E-state index >= 15 is 0 Å². The Kier molecular flexibility index (Phi) is 8.36. The summed E-state index contributed by atoms with van der Waals surface area (Å²) in [4.78, 5) is 35.7. The lowest BCUT2D eigenvalue weighted by atomic mass is 9.98. The highest BCUT2D eigenvalue weighted by atomic mass is 16.5. The highest BCUT2D eigenvalue weighted by Crippen LogP contribution is 2.44. The first kappa shape index (κ1) is 24.7. The zero-order chi connectivity index (χ0) is 24.6. The van der Waals surface area contributed by atoms with E-state index in [1.54, 1.807) is 0 Å². The zero-order valence-corrected chi connectivity index (χ0v) is 19.7. The Morgan fingerprint density at radius 2 is 1.57 bits per heavy atom. The molecule has 35 heavy (non-hydrogen) atoms. The van der Waals surface area contributed by atoms with Gasteiger partial charge in [0.05, 0.1) is 25.2 Å². The van der Waals surface area contributed by atoms with Crippen molar-refractivity contribution in [2.45, 2.75) is 44.1 Å². The van der Waals surface area contributed by atoms with Crippen LogP contribution in [0.25, 0.3) is 11.1 Å². The van der Waals surface area contributed by atoms with Gasteiger partial charge in [0.1, 0.15) is 6.61 Å². The van der Waals surface area contributed by atoms with Crippen LogP contribution in [-0.2, 0) is 19.1 Å². The molecule has 2 unspecified atom stereocenters. The van der Waals surface area contributed by atoms with Gasteiger partial charge in [-0.3, -0.25) is 9.59 Å². The maximum atomic E-state index is 12.6. The van der Waals surface area contributed by atoms with Crippen molar-refractivity contribution >= 4 is 18.0 Å². The molecular formula is C27H32N2O6. The average Bonchev–Trinajstić information content (AvgIpc) is 3.44. The maximum absolute atomic E-state index is 12.6. The second kappa shape index (κ2) is 11.8.